The van der Waals surface area contributed by atoms with Crippen molar-refractivity contribution in [1.82, 2.24) is 9.97 Å². The molecule has 1 fully saturated rings. The molecule has 1 aromatic heterocycles. The molecule has 2 rings (SSSR count). The standard InChI is InChI=1S/C11H18N4O/c1-8-5-10(14-11(12)13-8)15-4-2-3-9(6-15)7-16/h5,9,16H,2-4,6-7H2,1H3,(H2,12,13,14)/t9-/m0/s1. The fourth-order valence-corrected chi connectivity index (χ4v) is 2.16. The fourth-order valence-electron chi connectivity index (χ4n) is 2.16. The lowest BCUT2D eigenvalue weighted by atomic mass is 9.99. The van der Waals surface area contributed by atoms with Crippen molar-refractivity contribution in [1.29, 1.82) is 0 Å². The number of nitrogens with two attached hydrogens (primary N) is 1. The van der Waals surface area contributed by atoms with E-state index in [2.05, 4.69) is 14.9 Å². The van der Waals surface area contributed by atoms with Crippen LogP contribution in [0.15, 0.2) is 6.07 Å². The molecule has 1 saturated heterocycles. The van der Waals surface area contributed by atoms with Crippen molar-refractivity contribution in [2.45, 2.75) is 19.8 Å². The van der Waals surface area contributed by atoms with E-state index < -0.39 is 0 Å². The predicted octanol–water partition coefficient (Wildman–Crippen LogP) is 0.576. The molecule has 0 amide bonds. The number of nitrogens with zero attached hydrogens (tertiary/aromatic N) is 3. The normalized spacial score (nSPS) is 21.1. The number of anilines is 2. The first kappa shape index (κ1) is 11.1. The van der Waals surface area contributed by atoms with Crippen LogP contribution in [0.25, 0.3) is 0 Å². The van der Waals surface area contributed by atoms with Crippen molar-refractivity contribution >= 4 is 11.8 Å². The van der Waals surface area contributed by atoms with Crippen LogP contribution in [0.5, 0.6) is 0 Å². The summed E-state index contributed by atoms with van der Waals surface area (Å²) >= 11 is 0. The molecule has 5 heteroatoms. The number of hydrogen-bond acceptors (Lipinski definition) is 5. The number of nitrogen functional groups attached to an aromatic ring is 1. The Hall–Kier alpha value is -1.36. The van der Waals surface area contributed by atoms with Crippen LogP contribution in [0.2, 0.25) is 0 Å². The van der Waals surface area contributed by atoms with Gasteiger partial charge in [0.15, 0.2) is 0 Å². The molecule has 16 heavy (non-hydrogen) atoms. The number of aliphatic hydroxyl groups excluding tert-OH is 1. The van der Waals surface area contributed by atoms with E-state index >= 15 is 0 Å². The van der Waals surface area contributed by atoms with Gasteiger partial charge >= 0.3 is 0 Å². The van der Waals surface area contributed by atoms with Gasteiger partial charge in [-0.15, -0.1) is 0 Å². The first-order chi connectivity index (χ1) is 7.69. The Balaban J connectivity index is 2.16. The summed E-state index contributed by atoms with van der Waals surface area (Å²) in [7, 11) is 0. The van der Waals surface area contributed by atoms with Gasteiger partial charge in [-0.25, -0.2) is 4.98 Å². The molecule has 2 heterocycles. The van der Waals surface area contributed by atoms with Crippen molar-refractivity contribution in [3.05, 3.63) is 11.8 Å². The van der Waals surface area contributed by atoms with Gasteiger partial charge in [-0.1, -0.05) is 0 Å². The van der Waals surface area contributed by atoms with E-state index in [1.165, 1.54) is 0 Å². The lowest BCUT2D eigenvalue weighted by Crippen LogP contribution is -2.37. The van der Waals surface area contributed by atoms with Gasteiger partial charge in [0, 0.05) is 31.5 Å². The molecule has 3 N–H and O–H groups in total. The minimum Gasteiger partial charge on any atom is -0.396 e. The first-order valence-corrected chi connectivity index (χ1v) is 5.66. The highest BCUT2D eigenvalue weighted by Crippen LogP contribution is 2.22. The summed E-state index contributed by atoms with van der Waals surface area (Å²) in [6, 6.07) is 1.94. The summed E-state index contributed by atoms with van der Waals surface area (Å²) in [4.78, 5) is 10.5. The van der Waals surface area contributed by atoms with Crippen LogP contribution in [-0.2, 0) is 0 Å². The van der Waals surface area contributed by atoms with Crippen LogP contribution >= 0.6 is 0 Å². The van der Waals surface area contributed by atoms with Crippen LogP contribution in [0.3, 0.4) is 0 Å². The van der Waals surface area contributed by atoms with E-state index in [1.807, 2.05) is 13.0 Å². The van der Waals surface area contributed by atoms with Crippen LogP contribution in [0.1, 0.15) is 18.5 Å². The van der Waals surface area contributed by atoms with Gasteiger partial charge in [-0.2, -0.15) is 4.98 Å². The second kappa shape index (κ2) is 4.65. The number of hydrogen-bond donors (Lipinski definition) is 2. The molecule has 1 aliphatic heterocycles. The summed E-state index contributed by atoms with van der Waals surface area (Å²) < 4.78 is 0. The van der Waals surface area contributed by atoms with E-state index in [0.717, 1.165) is 37.4 Å². The van der Waals surface area contributed by atoms with E-state index in [-0.39, 0.29) is 6.61 Å². The molecule has 0 bridgehead atoms. The molecule has 5 nitrogen and oxygen atoms in total. The van der Waals surface area contributed by atoms with Gasteiger partial charge in [-0.05, 0) is 25.7 Å². The summed E-state index contributed by atoms with van der Waals surface area (Å²) in [5, 5.41) is 9.18. The number of aliphatic hydroxyl groups is 1. The van der Waals surface area contributed by atoms with Crippen molar-refractivity contribution < 1.29 is 5.11 Å². The summed E-state index contributed by atoms with van der Waals surface area (Å²) in [5.41, 5.74) is 6.52. The zero-order valence-corrected chi connectivity index (χ0v) is 9.56. The van der Waals surface area contributed by atoms with Gasteiger partial charge < -0.3 is 15.7 Å². The summed E-state index contributed by atoms with van der Waals surface area (Å²) in [6.45, 7) is 3.99. The summed E-state index contributed by atoms with van der Waals surface area (Å²) in [6.07, 6.45) is 2.18. The van der Waals surface area contributed by atoms with Gasteiger partial charge in [0.05, 0.1) is 0 Å². The van der Waals surface area contributed by atoms with Crippen LogP contribution < -0.4 is 10.6 Å². The molecule has 0 saturated carbocycles. The van der Waals surface area contributed by atoms with Crippen LogP contribution in [-0.4, -0.2) is 34.8 Å². The topological polar surface area (TPSA) is 75.3 Å². The molecule has 88 valence electrons. The molecular formula is C11H18N4O. The molecule has 1 aliphatic rings. The van der Waals surface area contributed by atoms with Gasteiger partial charge in [0.2, 0.25) is 5.95 Å². The zero-order valence-electron chi connectivity index (χ0n) is 9.56. The fraction of sp³-hybridized carbons (Fsp3) is 0.636. The molecule has 0 unspecified atom stereocenters. The quantitative estimate of drug-likeness (QED) is 0.765. The summed E-state index contributed by atoms with van der Waals surface area (Å²) in [5.74, 6) is 1.55. The highest BCUT2D eigenvalue weighted by molar-refractivity contribution is 5.43. The van der Waals surface area contributed by atoms with Crippen molar-refractivity contribution in [2.75, 3.05) is 30.3 Å². The maximum absolute atomic E-state index is 9.18. The molecule has 0 radical (unpaired) electrons. The minimum atomic E-state index is 0.246. The molecule has 1 atom stereocenters. The highest BCUT2D eigenvalue weighted by Gasteiger charge is 2.20. The van der Waals surface area contributed by atoms with E-state index in [4.69, 9.17) is 5.73 Å². The van der Waals surface area contributed by atoms with Crippen molar-refractivity contribution in [3.8, 4) is 0 Å². The Labute approximate surface area is 95.3 Å². The third-order valence-corrected chi connectivity index (χ3v) is 2.96. The Kier molecular flexibility index (Phi) is 3.24. The average Bonchev–Trinajstić information content (AvgIpc) is 2.28. The molecule has 0 aromatic carbocycles. The molecule has 1 aromatic rings. The smallest absolute Gasteiger partial charge is 0.222 e. The van der Waals surface area contributed by atoms with Crippen molar-refractivity contribution in [3.63, 3.8) is 0 Å². The SMILES string of the molecule is Cc1cc(N2CCC[C@H](CO)C2)nc(N)n1. The van der Waals surface area contributed by atoms with Gasteiger partial charge in [0.25, 0.3) is 0 Å². The zero-order chi connectivity index (χ0) is 11.5. The third-order valence-electron chi connectivity index (χ3n) is 2.96. The van der Waals surface area contributed by atoms with E-state index in [0.29, 0.717) is 11.9 Å². The second-order valence-corrected chi connectivity index (χ2v) is 4.36. The Morgan fingerprint density at radius 3 is 3.06 bits per heavy atom. The van der Waals surface area contributed by atoms with Gasteiger partial charge in [-0.3, -0.25) is 0 Å². The minimum absolute atomic E-state index is 0.246. The van der Waals surface area contributed by atoms with Gasteiger partial charge in [0.1, 0.15) is 5.82 Å². The Bertz CT molecular complexity index is 349. The van der Waals surface area contributed by atoms with E-state index in [1.54, 1.807) is 0 Å². The number of rotatable bonds is 2. The number of piperidine rings is 1. The lowest BCUT2D eigenvalue weighted by molar-refractivity contribution is 0.208. The Morgan fingerprint density at radius 2 is 2.38 bits per heavy atom. The molecule has 0 aliphatic carbocycles. The lowest BCUT2D eigenvalue weighted by Gasteiger charge is -2.32. The van der Waals surface area contributed by atoms with Crippen LogP contribution in [0, 0.1) is 12.8 Å². The predicted molar refractivity (Wildman–Crippen MR) is 63.2 cm³/mol. The molecular weight excluding hydrogens is 204 g/mol. The van der Waals surface area contributed by atoms with Crippen molar-refractivity contribution in [2.24, 2.45) is 5.92 Å². The molecule has 0 spiro atoms. The van der Waals surface area contributed by atoms with E-state index in [9.17, 15) is 5.11 Å². The Morgan fingerprint density at radius 1 is 1.56 bits per heavy atom. The third kappa shape index (κ3) is 2.41. The largest absolute Gasteiger partial charge is 0.396 e. The number of aromatic nitrogens is 2. The monoisotopic (exact) mass is 222 g/mol. The number of aryl methyl sites for hydroxylation is 1. The average molecular weight is 222 g/mol. The second-order valence-electron chi connectivity index (χ2n) is 4.36. The maximum Gasteiger partial charge on any atom is 0.222 e. The van der Waals surface area contributed by atoms with Crippen LogP contribution in [0.4, 0.5) is 11.8 Å². The maximum atomic E-state index is 9.18. The first-order valence-electron chi connectivity index (χ1n) is 5.66. The highest BCUT2D eigenvalue weighted by atomic mass is 16.3.